The Labute approximate surface area is 218 Å². The zero-order chi connectivity index (χ0) is 26.9. The van der Waals surface area contributed by atoms with Gasteiger partial charge in [-0.2, -0.15) is 0 Å². The van der Waals surface area contributed by atoms with Gasteiger partial charge in [0.05, 0.1) is 18.6 Å². The zero-order valence-corrected chi connectivity index (χ0v) is 24.8. The molecule has 0 saturated heterocycles. The Bertz CT molecular complexity index is 1030. The molecule has 6 nitrogen and oxygen atoms in total. The third-order valence-electron chi connectivity index (χ3n) is 8.62. The third kappa shape index (κ3) is 3.88. The molecule has 0 aromatic heterocycles. The van der Waals surface area contributed by atoms with E-state index in [0.717, 1.165) is 16.9 Å². The molecule has 0 fully saturated rings. The first-order chi connectivity index (χ1) is 16.5. The highest BCUT2D eigenvalue weighted by Crippen LogP contribution is 2.63. The number of hydrogen-bond donors (Lipinski definition) is 1. The minimum atomic E-state index is -2.71. The maximum absolute atomic E-state index is 14.1. The molecule has 1 aromatic carbocycles. The fourth-order valence-corrected chi connectivity index (χ4v) is 16.2. The first-order valence-electron chi connectivity index (χ1n) is 13.2. The van der Waals surface area contributed by atoms with E-state index in [1.165, 1.54) is 0 Å². The lowest BCUT2D eigenvalue weighted by Crippen LogP contribution is -2.62. The number of aliphatic hydroxyl groups is 1. The van der Waals surface area contributed by atoms with E-state index in [1.54, 1.807) is 7.11 Å². The predicted octanol–water partition coefficient (Wildman–Crippen LogP) is 6.70. The van der Waals surface area contributed by atoms with Gasteiger partial charge in [-0.3, -0.25) is 0 Å². The quantitative estimate of drug-likeness (QED) is 0.350. The molecule has 1 N–H and O–H groups in total. The molecule has 1 spiro atoms. The highest BCUT2D eigenvalue weighted by Gasteiger charge is 2.65. The molecule has 2 aliphatic heterocycles. The molecule has 200 valence electrons. The molecule has 0 saturated carbocycles. The van der Waals surface area contributed by atoms with E-state index in [2.05, 4.69) is 74.5 Å². The summed E-state index contributed by atoms with van der Waals surface area (Å²) in [5, 5.41) is 9.88. The molecule has 0 radical (unpaired) electrons. The van der Waals surface area contributed by atoms with Crippen molar-refractivity contribution in [3.8, 4) is 11.5 Å². The zero-order valence-electron chi connectivity index (χ0n) is 23.8. The summed E-state index contributed by atoms with van der Waals surface area (Å²) in [7, 11) is -1.06. The van der Waals surface area contributed by atoms with Crippen LogP contribution in [0.2, 0.25) is 15.1 Å². The number of ether oxygens (including phenoxy) is 2. The van der Waals surface area contributed by atoms with E-state index in [1.807, 2.05) is 17.0 Å². The smallest absolute Gasteiger partial charge is 0.396 e. The molecule has 4 rings (SSSR count). The molecule has 3 atom stereocenters. The van der Waals surface area contributed by atoms with Gasteiger partial charge in [-0.05, 0) is 33.2 Å². The lowest BCUT2D eigenvalue weighted by molar-refractivity contribution is 0.0797. The minimum absolute atomic E-state index is 0.155. The number of hydrogen-bond acceptors (Lipinski definition) is 5. The Morgan fingerprint density at radius 3 is 2.25 bits per heavy atom. The Morgan fingerprint density at radius 1 is 1.08 bits per heavy atom. The summed E-state index contributed by atoms with van der Waals surface area (Å²) in [6, 6.07) is 3.98. The van der Waals surface area contributed by atoms with E-state index in [-0.39, 0.29) is 32.7 Å². The molecule has 3 aliphatic rings. The third-order valence-corrected chi connectivity index (χ3v) is 15.4. The summed E-state index contributed by atoms with van der Waals surface area (Å²) in [5.74, 6) is 1.44. The second kappa shape index (κ2) is 8.52. The van der Waals surface area contributed by atoms with Crippen molar-refractivity contribution < 1.29 is 23.8 Å². The lowest BCUT2D eigenvalue weighted by Gasteiger charge is -2.57. The van der Waals surface area contributed by atoms with Crippen molar-refractivity contribution in [2.45, 2.75) is 114 Å². The maximum Gasteiger partial charge on any atom is 0.396 e. The topological polar surface area (TPSA) is 68.2 Å². The van der Waals surface area contributed by atoms with Gasteiger partial charge < -0.3 is 23.9 Å². The monoisotopic (exact) mass is 515 g/mol. The average molecular weight is 516 g/mol. The Balaban J connectivity index is 1.76. The summed E-state index contributed by atoms with van der Waals surface area (Å²) in [4.78, 5) is 16.0. The first-order valence-corrected chi connectivity index (χ1v) is 15.1. The lowest BCUT2D eigenvalue weighted by atomic mass is 9.69. The Morgan fingerprint density at radius 2 is 1.69 bits per heavy atom. The van der Waals surface area contributed by atoms with Crippen molar-refractivity contribution in [3.05, 3.63) is 35.4 Å². The van der Waals surface area contributed by atoms with Crippen molar-refractivity contribution in [2.24, 2.45) is 0 Å². The molecule has 36 heavy (non-hydrogen) atoms. The van der Waals surface area contributed by atoms with Crippen LogP contribution in [0.15, 0.2) is 24.3 Å². The SMILES string of the molecule is COc1ccc2c3c1OC1C[C@@H](O)C=CC31CCN(C(=O)O[Si](C(C)(C)C)(C(C)(C)C)C(C)(C)C)C2. The van der Waals surface area contributed by atoms with Crippen LogP contribution in [0.1, 0.15) is 86.3 Å². The van der Waals surface area contributed by atoms with Gasteiger partial charge in [0.25, 0.3) is 8.32 Å². The van der Waals surface area contributed by atoms with Gasteiger partial charge in [-0.15, -0.1) is 0 Å². The van der Waals surface area contributed by atoms with E-state index >= 15 is 0 Å². The molecule has 1 aliphatic carbocycles. The van der Waals surface area contributed by atoms with Crippen LogP contribution < -0.4 is 9.47 Å². The standard InChI is InChI=1S/C29H45NO5Si/c1-26(2,3)36(27(4,5)6,28(7,8)9)35-25(32)30-16-15-29-14-13-20(31)17-22(29)34-24-21(33-10)12-11-19(18-30)23(24)29/h11-14,20,22,31H,15-18H2,1-10H3/t20-,22?,29?/m0/s1. The average Bonchev–Trinajstić information content (AvgIpc) is 2.96. The number of rotatable bonds is 2. The van der Waals surface area contributed by atoms with Crippen molar-refractivity contribution in [2.75, 3.05) is 13.7 Å². The fourth-order valence-electron chi connectivity index (χ4n) is 8.12. The number of amides is 1. The summed E-state index contributed by atoms with van der Waals surface area (Å²) >= 11 is 0. The Kier molecular flexibility index (Phi) is 6.40. The van der Waals surface area contributed by atoms with Crippen LogP contribution in [0.5, 0.6) is 11.5 Å². The minimum Gasteiger partial charge on any atom is -0.502 e. The van der Waals surface area contributed by atoms with Gasteiger partial charge in [0.2, 0.25) is 0 Å². The normalized spacial score (nSPS) is 26.0. The molecule has 0 bridgehead atoms. The molecule has 7 heteroatoms. The van der Waals surface area contributed by atoms with Crippen LogP contribution in [-0.2, 0) is 16.4 Å². The van der Waals surface area contributed by atoms with Crippen LogP contribution in [-0.4, -0.2) is 50.3 Å². The number of aliphatic hydroxyl groups excluding tert-OH is 1. The molecular weight excluding hydrogens is 470 g/mol. The van der Waals surface area contributed by atoms with Crippen LogP contribution in [0.25, 0.3) is 0 Å². The van der Waals surface area contributed by atoms with E-state index in [0.29, 0.717) is 31.7 Å². The summed E-state index contributed by atoms with van der Waals surface area (Å²) < 4.78 is 18.9. The molecule has 1 aromatic rings. The van der Waals surface area contributed by atoms with Crippen molar-refractivity contribution in [1.82, 2.24) is 4.90 Å². The largest absolute Gasteiger partial charge is 0.502 e. The van der Waals surface area contributed by atoms with Crippen LogP contribution in [0, 0.1) is 0 Å². The number of carbonyl (C=O) groups excluding carboxylic acids is 1. The van der Waals surface area contributed by atoms with Crippen LogP contribution in [0.4, 0.5) is 4.79 Å². The fraction of sp³-hybridized carbons (Fsp3) is 0.690. The van der Waals surface area contributed by atoms with Crippen molar-refractivity contribution >= 4 is 14.4 Å². The van der Waals surface area contributed by atoms with Crippen molar-refractivity contribution in [1.29, 1.82) is 0 Å². The van der Waals surface area contributed by atoms with Crippen LogP contribution in [0.3, 0.4) is 0 Å². The Hall–Kier alpha value is -1.99. The van der Waals surface area contributed by atoms with Crippen molar-refractivity contribution in [3.63, 3.8) is 0 Å². The van der Waals surface area contributed by atoms with Crippen LogP contribution >= 0.6 is 0 Å². The first kappa shape index (κ1) is 27.1. The van der Waals surface area contributed by atoms with Gasteiger partial charge in [-0.25, -0.2) is 4.79 Å². The van der Waals surface area contributed by atoms with Gasteiger partial charge in [-0.1, -0.05) is 80.5 Å². The summed E-state index contributed by atoms with van der Waals surface area (Å²) in [6.07, 6.45) is 4.26. The van der Waals surface area contributed by atoms with E-state index < -0.39 is 14.4 Å². The molecule has 2 unspecified atom stereocenters. The van der Waals surface area contributed by atoms with Gasteiger partial charge in [0.1, 0.15) is 6.10 Å². The maximum atomic E-state index is 14.1. The number of carbonyl (C=O) groups is 1. The number of methoxy groups -OCH3 is 1. The molecule has 1 amide bonds. The summed E-state index contributed by atoms with van der Waals surface area (Å²) in [6.45, 7) is 21.1. The van der Waals surface area contributed by atoms with Gasteiger partial charge >= 0.3 is 6.09 Å². The van der Waals surface area contributed by atoms with Gasteiger partial charge in [0.15, 0.2) is 11.5 Å². The second-order valence-corrected chi connectivity index (χ2v) is 20.0. The number of benzene rings is 1. The number of nitrogens with zero attached hydrogens (tertiary/aromatic N) is 1. The molecular formula is C29H45NO5Si. The molecule has 2 heterocycles. The van der Waals surface area contributed by atoms with E-state index in [9.17, 15) is 9.90 Å². The highest BCUT2D eigenvalue weighted by molar-refractivity contribution is 6.83. The highest BCUT2D eigenvalue weighted by atomic mass is 28.4. The second-order valence-electron chi connectivity index (χ2n) is 13.9. The van der Waals surface area contributed by atoms with E-state index in [4.69, 9.17) is 13.9 Å². The predicted molar refractivity (Wildman–Crippen MR) is 145 cm³/mol. The van der Waals surface area contributed by atoms with Gasteiger partial charge in [0, 0.05) is 25.1 Å². The summed E-state index contributed by atoms with van der Waals surface area (Å²) in [5.41, 5.74) is 1.76.